The van der Waals surface area contributed by atoms with E-state index in [0.717, 1.165) is 44.3 Å². The highest BCUT2D eigenvalue weighted by atomic mass is 35.5. The number of carbonyl (C=O) groups is 2. The van der Waals surface area contributed by atoms with Gasteiger partial charge in [-0.3, -0.25) is 9.59 Å². The number of ether oxygens (including phenoxy) is 1. The number of hydrogen-bond acceptors (Lipinski definition) is 6. The fourth-order valence-electron chi connectivity index (χ4n) is 5.68. The molecule has 0 bridgehead atoms. The van der Waals surface area contributed by atoms with E-state index in [2.05, 4.69) is 27.6 Å². The first-order valence-electron chi connectivity index (χ1n) is 14.3. The van der Waals surface area contributed by atoms with Crippen LogP contribution in [-0.2, 0) is 22.4 Å². The van der Waals surface area contributed by atoms with Crippen molar-refractivity contribution in [1.82, 2.24) is 20.4 Å². The Bertz CT molecular complexity index is 1300. The lowest BCUT2D eigenvalue weighted by Gasteiger charge is -2.42. The Morgan fingerprint density at radius 3 is 2.65 bits per heavy atom. The Balaban J connectivity index is 1.15. The van der Waals surface area contributed by atoms with Gasteiger partial charge in [0.25, 0.3) is 0 Å². The van der Waals surface area contributed by atoms with Crippen molar-refractivity contribution in [3.63, 3.8) is 0 Å². The number of piperidine rings is 1. The minimum Gasteiger partial charge on any atom is -0.493 e. The van der Waals surface area contributed by atoms with Crippen LogP contribution in [0.15, 0.2) is 53.1 Å². The number of rotatable bonds is 4. The molecule has 0 aliphatic carbocycles. The van der Waals surface area contributed by atoms with Crippen LogP contribution in [0, 0.1) is 5.41 Å². The zero-order valence-corrected chi connectivity index (χ0v) is 23.6. The molecule has 0 atom stereocenters. The monoisotopic (exact) mass is 564 g/mol. The van der Waals surface area contributed by atoms with Crippen molar-refractivity contribution in [3.8, 4) is 17.1 Å². The van der Waals surface area contributed by atoms with Gasteiger partial charge in [-0.25, -0.2) is 0 Å². The van der Waals surface area contributed by atoms with Crippen LogP contribution >= 0.6 is 11.6 Å². The second kappa shape index (κ2) is 13.3. The van der Waals surface area contributed by atoms with Crippen LogP contribution in [0.1, 0.15) is 62.8 Å². The fraction of sp³-hybridized carbons (Fsp3) is 0.484. The van der Waals surface area contributed by atoms with Gasteiger partial charge in [-0.05, 0) is 67.7 Å². The first-order valence-corrected chi connectivity index (χ1v) is 14.7. The van der Waals surface area contributed by atoms with Crippen molar-refractivity contribution in [2.75, 3.05) is 26.2 Å². The number of nitrogens with zero attached hydrogens (tertiary/aromatic N) is 3. The fourth-order valence-corrected chi connectivity index (χ4v) is 5.90. The molecule has 0 saturated carbocycles. The summed E-state index contributed by atoms with van der Waals surface area (Å²) in [4.78, 5) is 32.0. The summed E-state index contributed by atoms with van der Waals surface area (Å²) in [6.45, 7) is 2.59. The maximum atomic E-state index is 13.1. The van der Waals surface area contributed by atoms with Gasteiger partial charge in [0.1, 0.15) is 5.75 Å². The molecular formula is C31H37ClN4O4. The predicted octanol–water partition coefficient (Wildman–Crippen LogP) is 5.63. The van der Waals surface area contributed by atoms with Crippen LogP contribution in [0.5, 0.6) is 5.75 Å². The molecule has 3 aromatic rings. The second-order valence-corrected chi connectivity index (χ2v) is 11.3. The summed E-state index contributed by atoms with van der Waals surface area (Å²) in [7, 11) is 0. The van der Waals surface area contributed by atoms with E-state index >= 15 is 0 Å². The van der Waals surface area contributed by atoms with Gasteiger partial charge in [0.15, 0.2) is 0 Å². The van der Waals surface area contributed by atoms with E-state index in [9.17, 15) is 9.59 Å². The number of likely N-dealkylation sites (tertiary alicyclic amines) is 1. The summed E-state index contributed by atoms with van der Waals surface area (Å²) in [5, 5.41) is 7.78. The van der Waals surface area contributed by atoms with Gasteiger partial charge in [-0.1, -0.05) is 53.5 Å². The Morgan fingerprint density at radius 1 is 1.00 bits per heavy atom. The average Bonchev–Trinajstić information content (AvgIpc) is 3.45. The molecule has 0 unspecified atom stereocenters. The minimum atomic E-state index is 0.0168. The Hall–Kier alpha value is -3.39. The summed E-state index contributed by atoms with van der Waals surface area (Å²) in [6, 6.07) is 15.6. The van der Waals surface area contributed by atoms with Gasteiger partial charge in [-0.2, -0.15) is 4.98 Å². The van der Waals surface area contributed by atoms with E-state index in [4.69, 9.17) is 20.9 Å². The number of carbonyl (C=O) groups excluding carboxylic acids is 2. The van der Waals surface area contributed by atoms with Crippen molar-refractivity contribution in [1.29, 1.82) is 0 Å². The van der Waals surface area contributed by atoms with Crippen molar-refractivity contribution in [3.05, 3.63) is 65.0 Å². The lowest BCUT2D eigenvalue weighted by atomic mass is 9.74. The van der Waals surface area contributed by atoms with Crippen LogP contribution < -0.4 is 10.1 Å². The zero-order valence-electron chi connectivity index (χ0n) is 22.9. The summed E-state index contributed by atoms with van der Waals surface area (Å²) in [5.41, 5.74) is 1.96. The maximum absolute atomic E-state index is 13.1. The molecule has 212 valence electrons. The molecule has 2 aliphatic heterocycles. The smallest absolute Gasteiger partial charge is 0.227 e. The highest BCUT2D eigenvalue weighted by Gasteiger charge is 2.36. The standard InChI is InChI=1S/C31H37ClN4O4/c32-25-11-3-2-10-24(25)30-34-28(40-35-30)14-15-29(38)36-19-17-31(18-20-36)16-6-5-9-23-8-1-4-12-26(23)39-21-7-13-27(37)33-22-31/h1-4,8,10-12H,5-7,9,13-22H2,(H,33,37). The van der Waals surface area contributed by atoms with E-state index in [1.807, 2.05) is 35.2 Å². The van der Waals surface area contributed by atoms with E-state index in [1.165, 1.54) is 5.56 Å². The first-order chi connectivity index (χ1) is 19.5. The number of benzene rings is 2. The Morgan fingerprint density at radius 2 is 1.80 bits per heavy atom. The second-order valence-electron chi connectivity index (χ2n) is 10.9. The molecule has 9 heteroatoms. The van der Waals surface area contributed by atoms with Crippen LogP contribution in [0.3, 0.4) is 0 Å². The lowest BCUT2D eigenvalue weighted by molar-refractivity contribution is -0.134. The third-order valence-electron chi connectivity index (χ3n) is 8.15. The molecule has 2 amide bonds. The van der Waals surface area contributed by atoms with Gasteiger partial charge < -0.3 is 19.5 Å². The quantitative estimate of drug-likeness (QED) is 0.441. The molecule has 1 N–H and O–H groups in total. The molecule has 1 aromatic heterocycles. The lowest BCUT2D eigenvalue weighted by Crippen LogP contribution is -2.48. The maximum Gasteiger partial charge on any atom is 0.227 e. The molecule has 1 spiro atoms. The number of fused-ring (bicyclic) bond motifs is 1. The largest absolute Gasteiger partial charge is 0.493 e. The third-order valence-corrected chi connectivity index (χ3v) is 8.48. The number of hydrogen-bond donors (Lipinski definition) is 1. The van der Waals surface area contributed by atoms with Gasteiger partial charge in [0.2, 0.25) is 23.5 Å². The van der Waals surface area contributed by atoms with Gasteiger partial charge >= 0.3 is 0 Å². The van der Waals surface area contributed by atoms with Gasteiger partial charge in [0, 0.05) is 44.5 Å². The molecule has 40 heavy (non-hydrogen) atoms. The number of para-hydroxylation sites is 1. The minimum absolute atomic E-state index is 0.0168. The molecule has 0 radical (unpaired) electrons. The summed E-state index contributed by atoms with van der Waals surface area (Å²) < 4.78 is 11.3. The topological polar surface area (TPSA) is 97.6 Å². The highest BCUT2D eigenvalue weighted by molar-refractivity contribution is 6.33. The number of amides is 2. The molecule has 2 aromatic carbocycles. The number of aryl methyl sites for hydroxylation is 2. The van der Waals surface area contributed by atoms with E-state index in [0.29, 0.717) is 74.2 Å². The number of aromatic nitrogens is 2. The van der Waals surface area contributed by atoms with E-state index in [-0.39, 0.29) is 17.2 Å². The van der Waals surface area contributed by atoms with Crippen LogP contribution in [-0.4, -0.2) is 53.1 Å². The van der Waals surface area contributed by atoms with E-state index < -0.39 is 0 Å². The summed E-state index contributed by atoms with van der Waals surface area (Å²) in [6.07, 6.45) is 7.77. The van der Waals surface area contributed by atoms with Gasteiger partial charge in [0.05, 0.1) is 11.6 Å². The molecule has 5 rings (SSSR count). The van der Waals surface area contributed by atoms with Crippen molar-refractivity contribution >= 4 is 23.4 Å². The van der Waals surface area contributed by atoms with Crippen LogP contribution in [0.25, 0.3) is 11.4 Å². The molecule has 2 aliphatic rings. The molecule has 1 fully saturated rings. The molecule has 1 saturated heterocycles. The predicted molar refractivity (Wildman–Crippen MR) is 153 cm³/mol. The van der Waals surface area contributed by atoms with E-state index in [1.54, 1.807) is 6.07 Å². The normalized spacial score (nSPS) is 18.3. The van der Waals surface area contributed by atoms with Crippen molar-refractivity contribution in [2.45, 2.75) is 64.2 Å². The van der Waals surface area contributed by atoms with Crippen molar-refractivity contribution < 1.29 is 18.8 Å². The average molecular weight is 565 g/mol. The zero-order chi connectivity index (χ0) is 27.8. The summed E-state index contributed by atoms with van der Waals surface area (Å²) >= 11 is 6.24. The number of nitrogens with one attached hydrogen (secondary N) is 1. The Labute approximate surface area is 240 Å². The van der Waals surface area contributed by atoms with Crippen molar-refractivity contribution in [2.24, 2.45) is 5.41 Å². The number of halogens is 1. The Kier molecular flexibility index (Phi) is 9.37. The third kappa shape index (κ3) is 7.22. The first kappa shape index (κ1) is 28.1. The SMILES string of the molecule is O=C1CCCOc2ccccc2CCCCC2(CCN(C(=O)CCc3nc(-c4ccccc4Cl)no3)CC2)CN1. The molecular weight excluding hydrogens is 528 g/mol. The molecule has 3 heterocycles. The molecule has 8 nitrogen and oxygen atoms in total. The van der Waals surface area contributed by atoms with Crippen LogP contribution in [0.4, 0.5) is 0 Å². The summed E-state index contributed by atoms with van der Waals surface area (Å²) in [5.74, 6) is 1.95. The highest BCUT2D eigenvalue weighted by Crippen LogP contribution is 2.37. The van der Waals surface area contributed by atoms with Gasteiger partial charge in [-0.15, -0.1) is 0 Å². The van der Waals surface area contributed by atoms with Crippen LogP contribution in [0.2, 0.25) is 5.02 Å².